The Kier molecular flexibility index (Phi) is 7.86. The number of nitrogens with zero attached hydrogens (tertiary/aromatic N) is 1. The molecule has 3 aromatic rings. The summed E-state index contributed by atoms with van der Waals surface area (Å²) in [5.41, 5.74) is 1.49. The monoisotopic (exact) mass is 526 g/mol. The number of carbonyl (C=O) groups excluding carboxylic acids is 1. The van der Waals surface area contributed by atoms with Crippen molar-refractivity contribution in [3.63, 3.8) is 0 Å². The lowest BCUT2D eigenvalue weighted by atomic mass is 10.1. The quantitative estimate of drug-likeness (QED) is 0.254. The van der Waals surface area contributed by atoms with Gasteiger partial charge in [0, 0.05) is 5.56 Å². The van der Waals surface area contributed by atoms with Crippen LogP contribution < -0.4 is 14.6 Å². The maximum absolute atomic E-state index is 13.1. The van der Waals surface area contributed by atoms with E-state index in [1.54, 1.807) is 18.2 Å². The van der Waals surface area contributed by atoms with E-state index in [-0.39, 0.29) is 17.3 Å². The highest BCUT2D eigenvalue weighted by Crippen LogP contribution is 2.35. The van der Waals surface area contributed by atoms with E-state index in [1.807, 2.05) is 54.6 Å². The number of thiocarbonyl (C=S) groups is 1. The largest absolute Gasteiger partial charge is 0.490 e. The van der Waals surface area contributed by atoms with Gasteiger partial charge in [-0.05, 0) is 42.0 Å². The van der Waals surface area contributed by atoms with E-state index in [2.05, 4.69) is 0 Å². The first-order valence-corrected chi connectivity index (χ1v) is 13.4. The number of amides is 1. The molecule has 0 radical (unpaired) electrons. The first kappa shape index (κ1) is 24.9. The number of primary sulfonamides is 1. The first-order chi connectivity index (χ1) is 16.8. The van der Waals surface area contributed by atoms with E-state index in [0.29, 0.717) is 28.2 Å². The van der Waals surface area contributed by atoms with Gasteiger partial charge in [-0.3, -0.25) is 9.69 Å². The molecule has 7 nitrogen and oxygen atoms in total. The van der Waals surface area contributed by atoms with Gasteiger partial charge in [0.05, 0.1) is 16.3 Å². The summed E-state index contributed by atoms with van der Waals surface area (Å²) in [6.45, 7) is 0.946. The predicted molar refractivity (Wildman–Crippen MR) is 140 cm³/mol. The number of nitrogens with two attached hydrogens (primary N) is 1. The zero-order valence-electron chi connectivity index (χ0n) is 18.5. The molecule has 1 amide bonds. The number of ether oxygens (including phenoxy) is 2. The second-order valence-electron chi connectivity index (χ2n) is 7.50. The Morgan fingerprint density at radius 1 is 0.914 bits per heavy atom. The third kappa shape index (κ3) is 6.49. The minimum Gasteiger partial charge on any atom is -0.490 e. The van der Waals surface area contributed by atoms with Crippen molar-refractivity contribution >= 4 is 50.3 Å². The molecule has 1 saturated heterocycles. The molecule has 0 bridgehead atoms. The minimum absolute atomic E-state index is 0.0114. The second kappa shape index (κ2) is 11.0. The van der Waals surface area contributed by atoms with E-state index >= 15 is 0 Å². The second-order valence-corrected chi connectivity index (χ2v) is 10.7. The average Bonchev–Trinajstić information content (AvgIpc) is 3.10. The molecule has 1 aliphatic heterocycles. The Morgan fingerprint density at radius 3 is 2.29 bits per heavy atom. The molecule has 3 aromatic carbocycles. The van der Waals surface area contributed by atoms with Crippen LogP contribution in [-0.2, 0) is 21.4 Å². The lowest BCUT2D eigenvalue weighted by Crippen LogP contribution is -2.27. The highest BCUT2D eigenvalue weighted by Gasteiger charge is 2.32. The fourth-order valence-corrected chi connectivity index (χ4v) is 5.07. The van der Waals surface area contributed by atoms with Crippen molar-refractivity contribution in [2.45, 2.75) is 11.4 Å². The number of hydrogen-bond acceptors (Lipinski definition) is 7. The van der Waals surface area contributed by atoms with Crippen LogP contribution in [0.15, 0.2) is 88.7 Å². The van der Waals surface area contributed by atoms with Crippen molar-refractivity contribution in [2.75, 3.05) is 13.2 Å². The SMILES string of the molecule is NS(=O)(=O)c1ccc(CN2C(=O)/C(=C\c3ccccc3OCCOc3ccccc3)SC2=S)cc1. The number of hydrogen-bond donors (Lipinski definition) is 1. The van der Waals surface area contributed by atoms with Gasteiger partial charge in [-0.25, -0.2) is 13.6 Å². The van der Waals surface area contributed by atoms with Gasteiger partial charge in [0.1, 0.15) is 29.0 Å². The Balaban J connectivity index is 1.41. The van der Waals surface area contributed by atoms with Gasteiger partial charge in [0.25, 0.3) is 5.91 Å². The predicted octanol–water partition coefficient (Wildman–Crippen LogP) is 4.19. The normalized spacial score (nSPS) is 15.0. The van der Waals surface area contributed by atoms with Crippen molar-refractivity contribution in [3.05, 3.63) is 94.9 Å². The summed E-state index contributed by atoms with van der Waals surface area (Å²) >= 11 is 6.63. The van der Waals surface area contributed by atoms with E-state index in [1.165, 1.54) is 28.8 Å². The van der Waals surface area contributed by atoms with Crippen LogP contribution in [0.3, 0.4) is 0 Å². The van der Waals surface area contributed by atoms with Crippen molar-refractivity contribution in [3.8, 4) is 11.5 Å². The molecule has 180 valence electrons. The Hall–Kier alpha value is -3.18. The van der Waals surface area contributed by atoms with E-state index in [4.69, 9.17) is 26.8 Å². The van der Waals surface area contributed by atoms with E-state index in [9.17, 15) is 13.2 Å². The third-order valence-electron chi connectivity index (χ3n) is 5.02. The van der Waals surface area contributed by atoms with Gasteiger partial charge in [-0.1, -0.05) is 72.5 Å². The summed E-state index contributed by atoms with van der Waals surface area (Å²) in [4.78, 5) is 15.0. The van der Waals surface area contributed by atoms with Crippen molar-refractivity contribution in [1.82, 2.24) is 4.90 Å². The summed E-state index contributed by atoms with van der Waals surface area (Å²) in [6, 6.07) is 23.0. The Morgan fingerprint density at radius 2 is 1.57 bits per heavy atom. The van der Waals surface area contributed by atoms with Gasteiger partial charge in [-0.2, -0.15) is 0 Å². The lowest BCUT2D eigenvalue weighted by Gasteiger charge is -2.14. The molecule has 2 N–H and O–H groups in total. The van der Waals surface area contributed by atoms with Crippen LogP contribution in [0.1, 0.15) is 11.1 Å². The average molecular weight is 527 g/mol. The first-order valence-electron chi connectivity index (χ1n) is 10.6. The van der Waals surface area contributed by atoms with Crippen molar-refractivity contribution < 1.29 is 22.7 Å². The zero-order chi connectivity index (χ0) is 24.8. The van der Waals surface area contributed by atoms with E-state index < -0.39 is 10.0 Å². The highest BCUT2D eigenvalue weighted by molar-refractivity contribution is 8.26. The number of rotatable bonds is 9. The molecule has 0 atom stereocenters. The zero-order valence-corrected chi connectivity index (χ0v) is 20.9. The Labute approximate surface area is 213 Å². The van der Waals surface area contributed by atoms with Crippen molar-refractivity contribution in [2.24, 2.45) is 5.14 Å². The molecule has 4 rings (SSSR count). The minimum atomic E-state index is -3.78. The van der Waals surface area contributed by atoms with Crippen LogP contribution in [0.2, 0.25) is 0 Å². The lowest BCUT2D eigenvalue weighted by molar-refractivity contribution is -0.122. The number of sulfonamides is 1. The molecule has 0 unspecified atom stereocenters. The van der Waals surface area contributed by atoms with Crippen LogP contribution in [0.4, 0.5) is 0 Å². The van der Waals surface area contributed by atoms with Gasteiger partial charge < -0.3 is 9.47 Å². The van der Waals surface area contributed by atoms with Crippen LogP contribution in [0, 0.1) is 0 Å². The molecular weight excluding hydrogens is 504 g/mol. The van der Waals surface area contributed by atoms with Gasteiger partial charge in [-0.15, -0.1) is 0 Å². The van der Waals surface area contributed by atoms with Crippen LogP contribution in [0.5, 0.6) is 11.5 Å². The van der Waals surface area contributed by atoms with Crippen LogP contribution in [0.25, 0.3) is 6.08 Å². The number of carbonyl (C=O) groups is 1. The Bertz CT molecular complexity index is 1360. The topological polar surface area (TPSA) is 98.9 Å². The molecule has 35 heavy (non-hydrogen) atoms. The number of benzene rings is 3. The standard InChI is InChI=1S/C25H22N2O5S3/c26-35(29,30)21-12-10-18(11-13-21)17-27-24(28)23(34-25(27)33)16-19-6-4-5-9-22(19)32-15-14-31-20-7-2-1-3-8-20/h1-13,16H,14-15,17H2,(H2,26,29,30)/b23-16+. The molecule has 1 heterocycles. The molecule has 0 spiro atoms. The summed E-state index contributed by atoms with van der Waals surface area (Å²) in [5.74, 6) is 1.18. The highest BCUT2D eigenvalue weighted by atomic mass is 32.2. The molecule has 10 heteroatoms. The third-order valence-corrected chi connectivity index (χ3v) is 7.33. The van der Waals surface area contributed by atoms with Gasteiger partial charge in [0.15, 0.2) is 0 Å². The number of thioether (sulfide) groups is 1. The van der Waals surface area contributed by atoms with Crippen molar-refractivity contribution in [1.29, 1.82) is 0 Å². The maximum Gasteiger partial charge on any atom is 0.266 e. The van der Waals surface area contributed by atoms with Gasteiger partial charge in [0.2, 0.25) is 10.0 Å². The van der Waals surface area contributed by atoms with Gasteiger partial charge >= 0.3 is 0 Å². The maximum atomic E-state index is 13.1. The summed E-state index contributed by atoms with van der Waals surface area (Å²) in [7, 11) is -3.78. The smallest absolute Gasteiger partial charge is 0.266 e. The fraction of sp³-hybridized carbons (Fsp3) is 0.120. The molecule has 0 aliphatic carbocycles. The fourth-order valence-electron chi connectivity index (χ4n) is 3.30. The molecule has 0 saturated carbocycles. The van der Waals surface area contributed by atoms with Crippen LogP contribution >= 0.6 is 24.0 Å². The molecule has 1 aliphatic rings. The summed E-state index contributed by atoms with van der Waals surface area (Å²) in [5, 5.41) is 5.14. The molecule has 0 aromatic heterocycles. The van der Waals surface area contributed by atoms with Crippen LogP contribution in [-0.4, -0.2) is 36.8 Å². The van der Waals surface area contributed by atoms with E-state index in [0.717, 1.165) is 16.9 Å². The molecule has 1 fully saturated rings. The summed E-state index contributed by atoms with van der Waals surface area (Å²) in [6.07, 6.45) is 1.76. The molecular formula is C25H22N2O5S3. The number of para-hydroxylation sites is 2. The summed E-state index contributed by atoms with van der Waals surface area (Å²) < 4.78 is 34.9.